The average molecular weight is 280 g/mol. The number of carbonyl (C=O) groups is 2. The first-order valence-electron chi connectivity index (χ1n) is 6.73. The Kier molecular flexibility index (Phi) is 3.39. The van der Waals surface area contributed by atoms with Crippen LogP contribution in [0.5, 0.6) is 0 Å². The summed E-state index contributed by atoms with van der Waals surface area (Å²) in [6.45, 7) is -0.0887. The van der Waals surface area contributed by atoms with E-state index in [1.54, 1.807) is 0 Å². The molecule has 3 N–H and O–H groups in total. The standard InChI is InChI=1S/C12H16N4O4/c17-8(5-13-9(11(18)19)6-1-2-6)14-12-16-15-10(20-12)7-3-4-7/h6-7,9,13H,1-5H2,(H,18,19)(H,14,16,17). The first-order chi connectivity index (χ1) is 9.63. The Morgan fingerprint density at radius 2 is 2.05 bits per heavy atom. The minimum atomic E-state index is -0.922. The van der Waals surface area contributed by atoms with E-state index in [0.29, 0.717) is 11.8 Å². The van der Waals surface area contributed by atoms with E-state index < -0.39 is 12.0 Å². The third-order valence-electron chi connectivity index (χ3n) is 3.46. The largest absolute Gasteiger partial charge is 0.480 e. The van der Waals surface area contributed by atoms with Crippen LogP contribution in [0.2, 0.25) is 0 Å². The normalized spacial score (nSPS) is 19.6. The molecule has 20 heavy (non-hydrogen) atoms. The van der Waals surface area contributed by atoms with Crippen molar-refractivity contribution in [3.05, 3.63) is 5.89 Å². The van der Waals surface area contributed by atoms with E-state index in [-0.39, 0.29) is 24.4 Å². The van der Waals surface area contributed by atoms with E-state index in [4.69, 9.17) is 9.52 Å². The number of hydrogen-bond acceptors (Lipinski definition) is 6. The Hall–Kier alpha value is -1.96. The smallest absolute Gasteiger partial charge is 0.322 e. The topological polar surface area (TPSA) is 117 Å². The van der Waals surface area contributed by atoms with Crippen LogP contribution in [0.15, 0.2) is 4.42 Å². The molecule has 2 fully saturated rings. The lowest BCUT2D eigenvalue weighted by atomic mass is 10.2. The molecule has 0 aliphatic heterocycles. The van der Waals surface area contributed by atoms with Gasteiger partial charge in [0.2, 0.25) is 11.8 Å². The number of rotatable bonds is 7. The summed E-state index contributed by atoms with van der Waals surface area (Å²) >= 11 is 0. The molecule has 8 nitrogen and oxygen atoms in total. The van der Waals surface area contributed by atoms with Crippen LogP contribution in [0, 0.1) is 5.92 Å². The molecule has 1 atom stereocenters. The van der Waals surface area contributed by atoms with Gasteiger partial charge in [0.1, 0.15) is 6.04 Å². The number of hydrogen-bond donors (Lipinski definition) is 3. The van der Waals surface area contributed by atoms with Crippen molar-refractivity contribution in [2.75, 3.05) is 11.9 Å². The summed E-state index contributed by atoms with van der Waals surface area (Å²) in [6.07, 6.45) is 3.86. The maximum atomic E-state index is 11.7. The molecule has 1 unspecified atom stereocenters. The van der Waals surface area contributed by atoms with Crippen LogP contribution in [0.1, 0.15) is 37.5 Å². The number of carboxylic acid groups (broad SMARTS) is 1. The summed E-state index contributed by atoms with van der Waals surface area (Å²) in [6, 6.07) is -0.595. The van der Waals surface area contributed by atoms with Gasteiger partial charge >= 0.3 is 12.0 Å². The molecular weight excluding hydrogens is 264 g/mol. The molecule has 2 saturated carbocycles. The second kappa shape index (κ2) is 5.20. The lowest BCUT2D eigenvalue weighted by molar-refractivity contribution is -0.140. The van der Waals surface area contributed by atoms with Crippen molar-refractivity contribution in [2.24, 2.45) is 5.92 Å². The fourth-order valence-electron chi connectivity index (χ4n) is 2.03. The molecule has 0 radical (unpaired) electrons. The van der Waals surface area contributed by atoms with E-state index >= 15 is 0 Å². The monoisotopic (exact) mass is 280 g/mol. The van der Waals surface area contributed by atoms with E-state index in [2.05, 4.69) is 20.8 Å². The summed E-state index contributed by atoms with van der Waals surface area (Å²) in [5.41, 5.74) is 0. The SMILES string of the molecule is O=C(CNC(C(=O)O)C1CC1)Nc1nnc(C2CC2)o1. The van der Waals surface area contributed by atoms with Gasteiger partial charge in [-0.15, -0.1) is 5.10 Å². The second-order valence-corrected chi connectivity index (χ2v) is 5.30. The minimum absolute atomic E-state index is 0.0667. The lowest BCUT2D eigenvalue weighted by Gasteiger charge is -2.12. The zero-order valence-electron chi connectivity index (χ0n) is 10.8. The molecule has 1 aromatic rings. The number of carboxylic acids is 1. The Morgan fingerprint density at radius 1 is 1.30 bits per heavy atom. The molecule has 0 spiro atoms. The Balaban J connectivity index is 1.47. The van der Waals surface area contributed by atoms with E-state index in [1.807, 2.05) is 0 Å². The Bertz CT molecular complexity index is 521. The first-order valence-corrected chi connectivity index (χ1v) is 6.73. The quantitative estimate of drug-likeness (QED) is 0.659. The minimum Gasteiger partial charge on any atom is -0.480 e. The maximum Gasteiger partial charge on any atom is 0.322 e. The van der Waals surface area contributed by atoms with Gasteiger partial charge in [0.05, 0.1) is 6.54 Å². The third kappa shape index (κ3) is 3.13. The molecule has 1 amide bonds. The van der Waals surface area contributed by atoms with Gasteiger partial charge < -0.3 is 9.52 Å². The molecule has 3 rings (SSSR count). The summed E-state index contributed by atoms with van der Waals surface area (Å²) in [4.78, 5) is 22.7. The van der Waals surface area contributed by atoms with Crippen LogP contribution in [0.3, 0.4) is 0 Å². The van der Waals surface area contributed by atoms with Crippen molar-refractivity contribution < 1.29 is 19.1 Å². The van der Waals surface area contributed by atoms with E-state index in [9.17, 15) is 9.59 Å². The summed E-state index contributed by atoms with van der Waals surface area (Å²) < 4.78 is 5.29. The highest BCUT2D eigenvalue weighted by molar-refractivity contribution is 5.90. The number of nitrogens with zero attached hydrogens (tertiary/aromatic N) is 2. The second-order valence-electron chi connectivity index (χ2n) is 5.30. The predicted molar refractivity (Wildman–Crippen MR) is 67.1 cm³/mol. The molecule has 0 saturated heterocycles. The number of aliphatic carboxylic acids is 1. The van der Waals surface area contributed by atoms with Crippen LogP contribution in [0.4, 0.5) is 6.01 Å². The number of nitrogens with one attached hydrogen (secondary N) is 2. The fraction of sp³-hybridized carbons (Fsp3) is 0.667. The van der Waals surface area contributed by atoms with Gasteiger partial charge in [-0.05, 0) is 31.6 Å². The molecule has 8 heteroatoms. The van der Waals surface area contributed by atoms with Gasteiger partial charge in [-0.25, -0.2) is 0 Å². The van der Waals surface area contributed by atoms with E-state index in [1.165, 1.54) is 0 Å². The van der Waals surface area contributed by atoms with Crippen molar-refractivity contribution >= 4 is 17.9 Å². The van der Waals surface area contributed by atoms with Crippen LogP contribution < -0.4 is 10.6 Å². The zero-order valence-corrected chi connectivity index (χ0v) is 10.8. The highest BCUT2D eigenvalue weighted by Crippen LogP contribution is 2.39. The average Bonchev–Trinajstić information content (AvgIpc) is 3.29. The van der Waals surface area contributed by atoms with Crippen LogP contribution in [0.25, 0.3) is 0 Å². The maximum absolute atomic E-state index is 11.7. The number of aromatic nitrogens is 2. The van der Waals surface area contributed by atoms with Crippen LogP contribution >= 0.6 is 0 Å². The van der Waals surface area contributed by atoms with Gasteiger partial charge in [0.25, 0.3) is 0 Å². The molecule has 1 aromatic heterocycles. The summed E-state index contributed by atoms with van der Waals surface area (Å²) in [7, 11) is 0. The van der Waals surface area contributed by atoms with Crippen molar-refractivity contribution in [2.45, 2.75) is 37.6 Å². The zero-order chi connectivity index (χ0) is 14.1. The van der Waals surface area contributed by atoms with Crippen molar-refractivity contribution in [3.63, 3.8) is 0 Å². The number of amides is 1. The van der Waals surface area contributed by atoms with Gasteiger partial charge in [-0.3, -0.25) is 20.2 Å². The van der Waals surface area contributed by atoms with E-state index in [0.717, 1.165) is 25.7 Å². The molecule has 0 bridgehead atoms. The fourth-order valence-corrected chi connectivity index (χ4v) is 2.03. The molecule has 0 aromatic carbocycles. The third-order valence-corrected chi connectivity index (χ3v) is 3.46. The Morgan fingerprint density at radius 3 is 2.65 bits per heavy atom. The Labute approximate surface area is 114 Å². The first kappa shape index (κ1) is 13.0. The number of carbonyl (C=O) groups excluding carboxylic acids is 1. The molecule has 2 aliphatic carbocycles. The molecule has 108 valence electrons. The molecule has 1 heterocycles. The lowest BCUT2D eigenvalue weighted by Crippen LogP contribution is -2.42. The number of anilines is 1. The predicted octanol–water partition coefficient (Wildman–Crippen LogP) is 0.338. The molecular formula is C12H16N4O4. The summed E-state index contributed by atoms with van der Waals surface area (Å²) in [5.74, 6) is -0.297. The molecule has 2 aliphatic rings. The van der Waals surface area contributed by atoms with Crippen molar-refractivity contribution in [1.82, 2.24) is 15.5 Å². The van der Waals surface area contributed by atoms with Crippen LogP contribution in [-0.4, -0.2) is 39.8 Å². The van der Waals surface area contributed by atoms with Crippen molar-refractivity contribution in [3.8, 4) is 0 Å². The highest BCUT2D eigenvalue weighted by atomic mass is 16.4. The van der Waals surface area contributed by atoms with Crippen LogP contribution in [-0.2, 0) is 9.59 Å². The summed E-state index contributed by atoms with van der Waals surface area (Å²) in [5, 5.41) is 21.8. The van der Waals surface area contributed by atoms with Gasteiger partial charge in [0.15, 0.2) is 0 Å². The van der Waals surface area contributed by atoms with Gasteiger partial charge in [-0.1, -0.05) is 5.10 Å². The van der Waals surface area contributed by atoms with Gasteiger partial charge in [0, 0.05) is 5.92 Å². The highest BCUT2D eigenvalue weighted by Gasteiger charge is 2.36. The van der Waals surface area contributed by atoms with Gasteiger partial charge in [-0.2, -0.15) is 0 Å². The van der Waals surface area contributed by atoms with Crippen molar-refractivity contribution in [1.29, 1.82) is 0 Å².